The molecule has 1 aromatic carbocycles. The van der Waals surface area contributed by atoms with Crippen LogP contribution >= 0.6 is 11.8 Å². The quantitative estimate of drug-likeness (QED) is 0.638. The highest BCUT2D eigenvalue weighted by Crippen LogP contribution is 2.24. The smallest absolute Gasteiger partial charge is 0.279 e. The van der Waals surface area contributed by atoms with Crippen LogP contribution in [0.4, 0.5) is 5.69 Å². The first-order valence-electron chi connectivity index (χ1n) is 7.02. The van der Waals surface area contributed by atoms with Gasteiger partial charge in [0.2, 0.25) is 0 Å². The number of hydrogen-bond donors (Lipinski definition) is 3. The van der Waals surface area contributed by atoms with Crippen LogP contribution in [-0.4, -0.2) is 44.2 Å². The maximum absolute atomic E-state index is 12.1. The molecule has 0 aliphatic heterocycles. The molecule has 5 nitrogen and oxygen atoms in total. The van der Waals surface area contributed by atoms with Gasteiger partial charge in [0.15, 0.2) is 12.6 Å². The van der Waals surface area contributed by atoms with Crippen LogP contribution in [0.3, 0.4) is 0 Å². The molecule has 0 bridgehead atoms. The second-order valence-electron chi connectivity index (χ2n) is 4.89. The van der Waals surface area contributed by atoms with E-state index in [2.05, 4.69) is 10.6 Å². The number of carbonyl (C=O) groups is 2. The number of rotatable bonds is 7. The van der Waals surface area contributed by atoms with Gasteiger partial charge >= 0.3 is 0 Å². The molecule has 0 saturated carbocycles. The maximum Gasteiger partial charge on any atom is 0.279 e. The number of amides is 2. The van der Waals surface area contributed by atoms with Crippen LogP contribution in [0.1, 0.15) is 13.8 Å². The van der Waals surface area contributed by atoms with E-state index in [-0.39, 0.29) is 24.4 Å². The van der Waals surface area contributed by atoms with Gasteiger partial charge in [0.05, 0.1) is 12.7 Å². The van der Waals surface area contributed by atoms with E-state index < -0.39 is 0 Å². The molecular weight excluding hydrogens is 286 g/mol. The number of quaternary nitrogens is 1. The lowest BCUT2D eigenvalue weighted by atomic mass is 10.2. The van der Waals surface area contributed by atoms with Crippen LogP contribution in [0.15, 0.2) is 29.2 Å². The van der Waals surface area contributed by atoms with Crippen molar-refractivity contribution in [3.05, 3.63) is 24.3 Å². The molecule has 0 radical (unpaired) electrons. The van der Waals surface area contributed by atoms with Gasteiger partial charge in [-0.2, -0.15) is 0 Å². The van der Waals surface area contributed by atoms with E-state index >= 15 is 0 Å². The Morgan fingerprint density at radius 2 is 2.00 bits per heavy atom. The van der Waals surface area contributed by atoms with E-state index in [9.17, 15) is 9.59 Å². The SMILES string of the molecule is CCNC(=O)[C@H](C)[NH+](C)CC(=O)Nc1ccccc1SC. The van der Waals surface area contributed by atoms with Crippen LogP contribution in [0.25, 0.3) is 0 Å². The Kier molecular flexibility index (Phi) is 7.25. The number of likely N-dealkylation sites (N-methyl/N-ethyl adjacent to an activating group) is 2. The van der Waals surface area contributed by atoms with Gasteiger partial charge in [0.25, 0.3) is 11.8 Å². The first kappa shape index (κ1) is 17.5. The molecular formula is C15H24N3O2S+. The highest BCUT2D eigenvalue weighted by atomic mass is 32.2. The van der Waals surface area contributed by atoms with E-state index in [0.717, 1.165) is 15.5 Å². The molecule has 3 N–H and O–H groups in total. The minimum absolute atomic E-state index is 0.0349. The van der Waals surface area contributed by atoms with Crippen molar-refractivity contribution in [3.8, 4) is 0 Å². The normalized spacial score (nSPS) is 13.3. The summed E-state index contributed by atoms with van der Waals surface area (Å²) in [5.74, 6) is -0.127. The van der Waals surface area contributed by atoms with Gasteiger partial charge in [-0.3, -0.25) is 9.59 Å². The van der Waals surface area contributed by atoms with Crippen molar-refractivity contribution in [2.75, 3.05) is 31.7 Å². The number of benzene rings is 1. The summed E-state index contributed by atoms with van der Waals surface area (Å²) >= 11 is 1.59. The summed E-state index contributed by atoms with van der Waals surface area (Å²) in [6.45, 7) is 4.56. The summed E-state index contributed by atoms with van der Waals surface area (Å²) in [6.07, 6.45) is 1.97. The predicted molar refractivity (Wildman–Crippen MR) is 86.8 cm³/mol. The Hall–Kier alpha value is -1.53. The minimum Gasteiger partial charge on any atom is -0.351 e. The molecule has 0 spiro atoms. The van der Waals surface area contributed by atoms with Crippen molar-refractivity contribution < 1.29 is 14.5 Å². The van der Waals surface area contributed by atoms with Crippen molar-refractivity contribution in [1.82, 2.24) is 5.32 Å². The highest BCUT2D eigenvalue weighted by molar-refractivity contribution is 7.98. The monoisotopic (exact) mass is 310 g/mol. The van der Waals surface area contributed by atoms with Crippen molar-refractivity contribution in [2.24, 2.45) is 0 Å². The summed E-state index contributed by atoms with van der Waals surface area (Å²) < 4.78 is 0. The molecule has 21 heavy (non-hydrogen) atoms. The maximum atomic E-state index is 12.1. The van der Waals surface area contributed by atoms with Gasteiger partial charge in [0, 0.05) is 11.4 Å². The Labute approximate surface area is 130 Å². The fraction of sp³-hybridized carbons (Fsp3) is 0.467. The van der Waals surface area contributed by atoms with Gasteiger partial charge in [-0.25, -0.2) is 0 Å². The number of nitrogens with one attached hydrogen (secondary N) is 3. The number of thioether (sulfide) groups is 1. The average molecular weight is 310 g/mol. The second kappa shape index (κ2) is 8.69. The van der Waals surface area contributed by atoms with Crippen molar-refractivity contribution >= 4 is 29.3 Å². The Morgan fingerprint density at radius 3 is 2.62 bits per heavy atom. The minimum atomic E-state index is -0.258. The van der Waals surface area contributed by atoms with E-state index in [0.29, 0.717) is 6.54 Å². The largest absolute Gasteiger partial charge is 0.351 e. The van der Waals surface area contributed by atoms with Gasteiger partial charge in [-0.05, 0) is 32.2 Å². The lowest BCUT2D eigenvalue weighted by Crippen LogP contribution is -3.15. The number of anilines is 1. The summed E-state index contributed by atoms with van der Waals surface area (Å²) in [7, 11) is 1.85. The van der Waals surface area contributed by atoms with Crippen molar-refractivity contribution in [2.45, 2.75) is 24.8 Å². The molecule has 1 unspecified atom stereocenters. The molecule has 0 aliphatic rings. The Morgan fingerprint density at radius 1 is 1.33 bits per heavy atom. The van der Waals surface area contributed by atoms with Crippen LogP contribution in [0.5, 0.6) is 0 Å². The zero-order valence-corrected chi connectivity index (χ0v) is 13.8. The molecule has 2 amide bonds. The topological polar surface area (TPSA) is 62.6 Å². The van der Waals surface area contributed by atoms with E-state index in [1.165, 1.54) is 0 Å². The van der Waals surface area contributed by atoms with E-state index in [1.807, 2.05) is 51.4 Å². The zero-order valence-electron chi connectivity index (χ0n) is 13.0. The third-order valence-corrected chi connectivity index (χ3v) is 4.10. The Bertz CT molecular complexity index is 494. The number of carbonyl (C=O) groups excluding carboxylic acids is 2. The van der Waals surface area contributed by atoms with Crippen LogP contribution in [0.2, 0.25) is 0 Å². The van der Waals surface area contributed by atoms with E-state index in [4.69, 9.17) is 0 Å². The van der Waals surface area contributed by atoms with Crippen LogP contribution in [-0.2, 0) is 9.59 Å². The summed E-state index contributed by atoms with van der Waals surface area (Å²) in [4.78, 5) is 25.7. The molecule has 1 rings (SSSR count). The van der Waals surface area contributed by atoms with E-state index in [1.54, 1.807) is 11.8 Å². The van der Waals surface area contributed by atoms with Gasteiger partial charge in [0.1, 0.15) is 0 Å². The molecule has 0 heterocycles. The van der Waals surface area contributed by atoms with Crippen molar-refractivity contribution in [3.63, 3.8) is 0 Å². The molecule has 6 heteroatoms. The molecule has 0 aromatic heterocycles. The first-order valence-corrected chi connectivity index (χ1v) is 8.25. The molecule has 0 saturated heterocycles. The standard InChI is InChI=1S/C15H23N3O2S/c1-5-16-15(20)11(2)18(3)10-14(19)17-12-8-6-7-9-13(12)21-4/h6-9,11H,5,10H2,1-4H3,(H,16,20)(H,17,19)/p+1/t11-/m0/s1. The van der Waals surface area contributed by atoms with Gasteiger partial charge in [-0.15, -0.1) is 11.8 Å². The average Bonchev–Trinajstić information content (AvgIpc) is 2.47. The second-order valence-corrected chi connectivity index (χ2v) is 5.74. The molecule has 1 aromatic rings. The summed E-state index contributed by atoms with van der Waals surface area (Å²) in [5.41, 5.74) is 0.813. The van der Waals surface area contributed by atoms with Crippen molar-refractivity contribution in [1.29, 1.82) is 0 Å². The Balaban J connectivity index is 2.59. The predicted octanol–water partition coefficient (Wildman–Crippen LogP) is 0.386. The highest BCUT2D eigenvalue weighted by Gasteiger charge is 2.23. The fourth-order valence-corrected chi connectivity index (χ4v) is 2.45. The lowest BCUT2D eigenvalue weighted by Gasteiger charge is -2.20. The summed E-state index contributed by atoms with van der Waals surface area (Å²) in [6, 6.07) is 7.42. The lowest BCUT2D eigenvalue weighted by molar-refractivity contribution is -0.885. The zero-order chi connectivity index (χ0) is 15.8. The third kappa shape index (κ3) is 5.40. The molecule has 0 aliphatic carbocycles. The number of hydrogen-bond acceptors (Lipinski definition) is 3. The molecule has 0 fully saturated rings. The van der Waals surface area contributed by atoms with Crippen LogP contribution < -0.4 is 15.5 Å². The van der Waals surface area contributed by atoms with Gasteiger partial charge in [-0.1, -0.05) is 12.1 Å². The molecule has 116 valence electrons. The molecule has 2 atom stereocenters. The summed E-state index contributed by atoms with van der Waals surface area (Å²) in [5, 5.41) is 5.68. The third-order valence-electron chi connectivity index (χ3n) is 3.30. The fourth-order valence-electron chi connectivity index (χ4n) is 1.90. The first-order chi connectivity index (χ1) is 9.99. The van der Waals surface area contributed by atoms with Gasteiger partial charge < -0.3 is 15.5 Å². The van der Waals surface area contributed by atoms with Crippen LogP contribution in [0, 0.1) is 0 Å². The number of para-hydroxylation sites is 1.